The molecule has 92 valence electrons. The molecule has 1 amide bonds. The molecule has 0 aromatic rings. The minimum absolute atomic E-state index is 0.113. The summed E-state index contributed by atoms with van der Waals surface area (Å²) in [5, 5.41) is 11.8. The van der Waals surface area contributed by atoms with Crippen molar-refractivity contribution in [3.63, 3.8) is 0 Å². The molecule has 1 aliphatic carbocycles. The molecule has 0 aromatic heterocycles. The highest BCUT2D eigenvalue weighted by molar-refractivity contribution is 5.91. The van der Waals surface area contributed by atoms with Crippen molar-refractivity contribution in [2.24, 2.45) is 23.2 Å². The summed E-state index contributed by atoms with van der Waals surface area (Å²) < 4.78 is 0. The van der Waals surface area contributed by atoms with Crippen LogP contribution < -0.4 is 5.32 Å². The van der Waals surface area contributed by atoms with E-state index in [1.165, 1.54) is 0 Å². The fraction of sp³-hybridized carbons (Fsp3) is 0.833. The van der Waals surface area contributed by atoms with E-state index < -0.39 is 17.3 Å². The van der Waals surface area contributed by atoms with Gasteiger partial charge in [0.05, 0.1) is 11.8 Å². The molecule has 16 heavy (non-hydrogen) atoms. The molecular formula is C12H21NO3. The second-order valence-electron chi connectivity index (χ2n) is 5.37. The van der Waals surface area contributed by atoms with Gasteiger partial charge < -0.3 is 10.4 Å². The zero-order valence-electron chi connectivity index (χ0n) is 10.4. The van der Waals surface area contributed by atoms with E-state index in [2.05, 4.69) is 19.2 Å². The molecular weight excluding hydrogens is 206 g/mol. The van der Waals surface area contributed by atoms with Crippen LogP contribution in [0.5, 0.6) is 0 Å². The van der Waals surface area contributed by atoms with Gasteiger partial charge in [0.25, 0.3) is 0 Å². The zero-order chi connectivity index (χ0) is 12.5. The van der Waals surface area contributed by atoms with Crippen molar-refractivity contribution < 1.29 is 14.7 Å². The molecule has 4 heteroatoms. The van der Waals surface area contributed by atoms with Gasteiger partial charge in [-0.3, -0.25) is 9.59 Å². The average Bonchev–Trinajstić information content (AvgIpc) is 2.77. The summed E-state index contributed by atoms with van der Waals surface area (Å²) in [7, 11) is 0. The van der Waals surface area contributed by atoms with Gasteiger partial charge in [-0.15, -0.1) is 0 Å². The van der Waals surface area contributed by atoms with Gasteiger partial charge in [0.15, 0.2) is 0 Å². The molecule has 1 rings (SSSR count). The van der Waals surface area contributed by atoms with Crippen LogP contribution in [0.15, 0.2) is 0 Å². The molecule has 2 N–H and O–H groups in total. The molecule has 1 aliphatic rings. The Morgan fingerprint density at radius 1 is 1.38 bits per heavy atom. The number of carboxylic acids is 1. The van der Waals surface area contributed by atoms with E-state index in [0.717, 1.165) is 6.42 Å². The predicted molar refractivity (Wildman–Crippen MR) is 60.9 cm³/mol. The maximum Gasteiger partial charge on any atom is 0.307 e. The summed E-state index contributed by atoms with van der Waals surface area (Å²) in [4.78, 5) is 22.7. The van der Waals surface area contributed by atoms with Crippen molar-refractivity contribution in [3.05, 3.63) is 0 Å². The monoisotopic (exact) mass is 227 g/mol. The Morgan fingerprint density at radius 3 is 2.31 bits per heavy atom. The van der Waals surface area contributed by atoms with Crippen molar-refractivity contribution in [3.8, 4) is 0 Å². The summed E-state index contributed by atoms with van der Waals surface area (Å²) in [5.41, 5.74) is -0.397. The third-order valence-corrected chi connectivity index (χ3v) is 3.70. The summed E-state index contributed by atoms with van der Waals surface area (Å²) in [6.07, 6.45) is 1.01. The number of nitrogens with one attached hydrogen (secondary N) is 1. The van der Waals surface area contributed by atoms with Gasteiger partial charge in [0, 0.05) is 6.54 Å². The van der Waals surface area contributed by atoms with E-state index in [-0.39, 0.29) is 11.8 Å². The second-order valence-corrected chi connectivity index (χ2v) is 5.37. The molecule has 0 spiro atoms. The topological polar surface area (TPSA) is 66.4 Å². The zero-order valence-corrected chi connectivity index (χ0v) is 10.4. The third-order valence-electron chi connectivity index (χ3n) is 3.70. The van der Waals surface area contributed by atoms with Gasteiger partial charge in [-0.25, -0.2) is 0 Å². The van der Waals surface area contributed by atoms with Crippen LogP contribution in [0, 0.1) is 23.2 Å². The van der Waals surface area contributed by atoms with Gasteiger partial charge in [-0.2, -0.15) is 0 Å². The largest absolute Gasteiger partial charge is 0.481 e. The molecule has 1 fully saturated rings. The SMILES string of the molecule is CCC(C)CNC(=O)C1C(C(=O)O)C1(C)C. The molecule has 0 heterocycles. The van der Waals surface area contributed by atoms with Gasteiger partial charge in [-0.05, 0) is 11.3 Å². The Labute approximate surface area is 96.4 Å². The van der Waals surface area contributed by atoms with Gasteiger partial charge >= 0.3 is 5.97 Å². The Balaban J connectivity index is 2.48. The van der Waals surface area contributed by atoms with Gasteiger partial charge in [0.2, 0.25) is 5.91 Å². The molecule has 0 aliphatic heterocycles. The van der Waals surface area contributed by atoms with E-state index in [9.17, 15) is 9.59 Å². The lowest BCUT2D eigenvalue weighted by Crippen LogP contribution is -2.31. The number of carbonyl (C=O) groups excluding carboxylic acids is 1. The summed E-state index contributed by atoms with van der Waals surface area (Å²) in [6.45, 7) is 8.43. The molecule has 0 saturated heterocycles. The first-order valence-corrected chi connectivity index (χ1v) is 5.82. The molecule has 4 nitrogen and oxygen atoms in total. The standard InChI is InChI=1S/C12H21NO3/c1-5-7(2)6-13-10(14)8-9(11(15)16)12(8,3)4/h7-9H,5-6H2,1-4H3,(H,13,14)(H,15,16). The van der Waals surface area contributed by atoms with Crippen molar-refractivity contribution >= 4 is 11.9 Å². The van der Waals surface area contributed by atoms with Crippen molar-refractivity contribution in [2.45, 2.75) is 34.1 Å². The molecule has 0 aromatic carbocycles. The van der Waals surface area contributed by atoms with Crippen molar-refractivity contribution in [1.82, 2.24) is 5.32 Å². The van der Waals surface area contributed by atoms with Crippen LogP contribution in [0.25, 0.3) is 0 Å². The van der Waals surface area contributed by atoms with Gasteiger partial charge in [-0.1, -0.05) is 34.1 Å². The van der Waals surface area contributed by atoms with E-state index in [0.29, 0.717) is 12.5 Å². The highest BCUT2D eigenvalue weighted by Gasteiger charge is 2.65. The first kappa shape index (κ1) is 13.0. The first-order valence-electron chi connectivity index (χ1n) is 5.82. The molecule has 0 bridgehead atoms. The number of aliphatic carboxylic acids is 1. The number of rotatable bonds is 5. The van der Waals surface area contributed by atoms with Crippen LogP contribution in [-0.4, -0.2) is 23.5 Å². The molecule has 0 radical (unpaired) electrons. The predicted octanol–water partition coefficient (Wildman–Crippen LogP) is 1.51. The van der Waals surface area contributed by atoms with Gasteiger partial charge in [0.1, 0.15) is 0 Å². The maximum atomic E-state index is 11.8. The molecule has 3 atom stereocenters. The lowest BCUT2D eigenvalue weighted by atomic mass is 10.1. The summed E-state index contributed by atoms with van der Waals surface area (Å²) in [5.74, 6) is -1.43. The number of carbonyl (C=O) groups is 2. The highest BCUT2D eigenvalue weighted by Crippen LogP contribution is 2.58. The van der Waals surface area contributed by atoms with Crippen LogP contribution in [-0.2, 0) is 9.59 Å². The molecule has 1 saturated carbocycles. The summed E-state index contributed by atoms with van der Waals surface area (Å²) >= 11 is 0. The second kappa shape index (κ2) is 4.44. The van der Waals surface area contributed by atoms with Crippen LogP contribution in [0.2, 0.25) is 0 Å². The third kappa shape index (κ3) is 2.36. The van der Waals surface area contributed by atoms with E-state index >= 15 is 0 Å². The number of carboxylic acid groups (broad SMARTS) is 1. The van der Waals surface area contributed by atoms with Crippen molar-refractivity contribution in [1.29, 1.82) is 0 Å². The fourth-order valence-electron chi connectivity index (χ4n) is 2.12. The van der Waals surface area contributed by atoms with Crippen LogP contribution in [0.4, 0.5) is 0 Å². The summed E-state index contributed by atoms with van der Waals surface area (Å²) in [6, 6.07) is 0. The number of hydrogen-bond acceptors (Lipinski definition) is 2. The average molecular weight is 227 g/mol. The minimum atomic E-state index is -0.867. The highest BCUT2D eigenvalue weighted by atomic mass is 16.4. The normalized spacial score (nSPS) is 28.2. The van der Waals surface area contributed by atoms with Crippen LogP contribution >= 0.6 is 0 Å². The smallest absolute Gasteiger partial charge is 0.307 e. The Kier molecular flexibility index (Phi) is 3.61. The van der Waals surface area contributed by atoms with E-state index in [1.54, 1.807) is 0 Å². The minimum Gasteiger partial charge on any atom is -0.481 e. The Bertz CT molecular complexity index is 299. The first-order chi connectivity index (χ1) is 7.32. The van der Waals surface area contributed by atoms with E-state index in [1.807, 2.05) is 13.8 Å². The van der Waals surface area contributed by atoms with Crippen LogP contribution in [0.1, 0.15) is 34.1 Å². The molecule has 3 unspecified atom stereocenters. The van der Waals surface area contributed by atoms with E-state index in [4.69, 9.17) is 5.11 Å². The van der Waals surface area contributed by atoms with Crippen molar-refractivity contribution in [2.75, 3.05) is 6.54 Å². The lowest BCUT2D eigenvalue weighted by Gasteiger charge is -2.10. The quantitative estimate of drug-likeness (QED) is 0.748. The van der Waals surface area contributed by atoms with Crippen LogP contribution in [0.3, 0.4) is 0 Å². The maximum absolute atomic E-state index is 11.8. The number of amides is 1. The fourth-order valence-corrected chi connectivity index (χ4v) is 2.12. The Hall–Kier alpha value is -1.06. The lowest BCUT2D eigenvalue weighted by molar-refractivity contribution is -0.140. The number of hydrogen-bond donors (Lipinski definition) is 2. The Morgan fingerprint density at radius 2 is 1.94 bits per heavy atom.